The quantitative estimate of drug-likeness (QED) is 0.483. The van der Waals surface area contributed by atoms with Gasteiger partial charge in [-0.2, -0.15) is 0 Å². The van der Waals surface area contributed by atoms with Crippen LogP contribution in [0.25, 0.3) is 10.2 Å². The Labute approximate surface area is 190 Å². The molecule has 1 saturated heterocycles. The van der Waals surface area contributed by atoms with Gasteiger partial charge >= 0.3 is 0 Å². The standard InChI is InChI=1S/C24H24ClFN2O2S/c25-17-5-3-16(4-6-17)24(11-1-2-12-24)22(29)28-13-9-19(10-14-28)30-23-27-20-8-7-18(26)15-21(20)31-23/h3-8,15,19H,1-2,9-14H2. The first kappa shape index (κ1) is 20.7. The molecule has 0 unspecified atom stereocenters. The Hall–Kier alpha value is -2.18. The smallest absolute Gasteiger partial charge is 0.274 e. The summed E-state index contributed by atoms with van der Waals surface area (Å²) in [6, 6.07) is 12.4. The van der Waals surface area contributed by atoms with E-state index in [0.717, 1.165) is 54.3 Å². The van der Waals surface area contributed by atoms with Crippen molar-refractivity contribution in [2.75, 3.05) is 13.1 Å². The highest BCUT2D eigenvalue weighted by atomic mass is 35.5. The van der Waals surface area contributed by atoms with Crippen molar-refractivity contribution in [2.24, 2.45) is 0 Å². The lowest BCUT2D eigenvalue weighted by Crippen LogP contribution is -2.50. The Morgan fingerprint density at radius 1 is 1.13 bits per heavy atom. The number of likely N-dealkylation sites (tertiary alicyclic amines) is 1. The molecule has 4 nitrogen and oxygen atoms in total. The number of thiazole rings is 1. The molecular weight excluding hydrogens is 435 g/mol. The zero-order valence-electron chi connectivity index (χ0n) is 17.2. The van der Waals surface area contributed by atoms with Crippen molar-refractivity contribution < 1.29 is 13.9 Å². The van der Waals surface area contributed by atoms with Gasteiger partial charge in [-0.05, 0) is 48.7 Å². The van der Waals surface area contributed by atoms with Gasteiger partial charge in [-0.15, -0.1) is 0 Å². The second kappa shape index (κ2) is 8.40. The minimum Gasteiger partial charge on any atom is -0.467 e. The van der Waals surface area contributed by atoms with Crippen LogP contribution in [-0.2, 0) is 10.2 Å². The van der Waals surface area contributed by atoms with Gasteiger partial charge in [0, 0.05) is 31.0 Å². The summed E-state index contributed by atoms with van der Waals surface area (Å²) in [5.74, 6) is -0.0303. The van der Waals surface area contributed by atoms with Crippen LogP contribution in [-0.4, -0.2) is 35.0 Å². The van der Waals surface area contributed by atoms with Crippen molar-refractivity contribution in [2.45, 2.75) is 50.0 Å². The number of amides is 1. The van der Waals surface area contributed by atoms with Gasteiger partial charge in [0.25, 0.3) is 5.19 Å². The Morgan fingerprint density at radius 3 is 2.55 bits per heavy atom. The lowest BCUT2D eigenvalue weighted by Gasteiger charge is -2.38. The molecule has 1 amide bonds. The Morgan fingerprint density at radius 2 is 1.84 bits per heavy atom. The molecule has 0 atom stereocenters. The first-order chi connectivity index (χ1) is 15.0. The third kappa shape index (κ3) is 4.03. The molecular formula is C24H24ClFN2O2S. The van der Waals surface area contributed by atoms with Gasteiger partial charge in [0.1, 0.15) is 11.9 Å². The summed E-state index contributed by atoms with van der Waals surface area (Å²) >= 11 is 7.44. The molecule has 0 spiro atoms. The van der Waals surface area contributed by atoms with E-state index in [4.69, 9.17) is 16.3 Å². The summed E-state index contributed by atoms with van der Waals surface area (Å²) in [6.07, 6.45) is 5.50. The van der Waals surface area contributed by atoms with Gasteiger partial charge in [0.05, 0.1) is 15.6 Å². The SMILES string of the molecule is O=C(N1CCC(Oc2nc3ccc(F)cc3s2)CC1)C1(c2ccc(Cl)cc2)CCCC1. The molecule has 2 aliphatic rings. The van der Waals surface area contributed by atoms with Crippen molar-refractivity contribution in [3.8, 4) is 5.19 Å². The van der Waals surface area contributed by atoms with Gasteiger partial charge in [0.2, 0.25) is 5.91 Å². The molecule has 7 heteroatoms. The predicted molar refractivity (Wildman–Crippen MR) is 121 cm³/mol. The van der Waals surface area contributed by atoms with Crippen LogP contribution in [0, 0.1) is 5.82 Å². The van der Waals surface area contributed by atoms with Gasteiger partial charge < -0.3 is 9.64 Å². The maximum atomic E-state index is 13.6. The first-order valence-electron chi connectivity index (χ1n) is 10.8. The molecule has 2 aromatic carbocycles. The molecule has 2 fully saturated rings. The van der Waals surface area contributed by atoms with Crippen molar-refractivity contribution in [3.63, 3.8) is 0 Å². The molecule has 1 aliphatic heterocycles. The van der Waals surface area contributed by atoms with Crippen LogP contribution in [0.15, 0.2) is 42.5 Å². The number of aromatic nitrogens is 1. The lowest BCUT2D eigenvalue weighted by molar-refractivity contribution is -0.139. The summed E-state index contributed by atoms with van der Waals surface area (Å²) in [7, 11) is 0. The number of piperidine rings is 1. The zero-order valence-corrected chi connectivity index (χ0v) is 18.7. The minimum atomic E-state index is -0.421. The van der Waals surface area contributed by atoms with Crippen LogP contribution in [0.5, 0.6) is 5.19 Å². The molecule has 0 radical (unpaired) electrons. The monoisotopic (exact) mass is 458 g/mol. The van der Waals surface area contributed by atoms with Crippen molar-refractivity contribution >= 4 is 39.1 Å². The number of fused-ring (bicyclic) bond motifs is 1. The summed E-state index contributed by atoms with van der Waals surface area (Å²) < 4.78 is 20.3. The van der Waals surface area contributed by atoms with Gasteiger partial charge in [-0.1, -0.05) is 47.9 Å². The highest BCUT2D eigenvalue weighted by Crippen LogP contribution is 2.43. The second-order valence-corrected chi connectivity index (χ2v) is 9.93. The van der Waals surface area contributed by atoms with Crippen LogP contribution >= 0.6 is 22.9 Å². The van der Waals surface area contributed by atoms with Gasteiger partial charge in [-0.25, -0.2) is 9.37 Å². The maximum absolute atomic E-state index is 13.6. The molecule has 2 heterocycles. The van der Waals surface area contributed by atoms with Crippen LogP contribution in [0.3, 0.4) is 0 Å². The number of nitrogens with zero attached hydrogens (tertiary/aromatic N) is 2. The number of hydrogen-bond acceptors (Lipinski definition) is 4. The topological polar surface area (TPSA) is 42.4 Å². The number of carbonyl (C=O) groups is 1. The highest BCUT2D eigenvalue weighted by molar-refractivity contribution is 7.20. The van der Waals surface area contributed by atoms with Gasteiger partial charge in [0.15, 0.2) is 0 Å². The molecule has 1 saturated carbocycles. The van der Waals surface area contributed by atoms with Crippen LogP contribution in [0.2, 0.25) is 5.02 Å². The summed E-state index contributed by atoms with van der Waals surface area (Å²) in [5, 5.41) is 1.26. The molecule has 5 rings (SSSR count). The molecule has 31 heavy (non-hydrogen) atoms. The Kier molecular flexibility index (Phi) is 5.61. The van der Waals surface area contributed by atoms with E-state index in [1.54, 1.807) is 6.07 Å². The molecule has 0 N–H and O–H groups in total. The molecule has 1 aromatic heterocycles. The Balaban J connectivity index is 1.25. The average Bonchev–Trinajstić information content (AvgIpc) is 3.42. The number of hydrogen-bond donors (Lipinski definition) is 0. The molecule has 1 aliphatic carbocycles. The van der Waals surface area contributed by atoms with Crippen LogP contribution in [0.4, 0.5) is 4.39 Å². The third-order valence-electron chi connectivity index (χ3n) is 6.59. The van der Waals surface area contributed by atoms with Crippen molar-refractivity contribution in [3.05, 3.63) is 58.9 Å². The van der Waals surface area contributed by atoms with Gasteiger partial charge in [-0.3, -0.25) is 4.79 Å². The molecule has 0 bridgehead atoms. The van der Waals surface area contributed by atoms with E-state index in [1.807, 2.05) is 29.2 Å². The normalized spacial score (nSPS) is 19.1. The van der Waals surface area contributed by atoms with E-state index in [1.165, 1.54) is 23.5 Å². The van der Waals surface area contributed by atoms with Crippen molar-refractivity contribution in [1.29, 1.82) is 0 Å². The lowest BCUT2D eigenvalue weighted by atomic mass is 9.77. The van der Waals surface area contributed by atoms with Crippen LogP contribution in [0.1, 0.15) is 44.1 Å². The second-order valence-electron chi connectivity index (χ2n) is 8.50. The number of ether oxygens (including phenoxy) is 1. The number of benzene rings is 2. The fourth-order valence-corrected chi connectivity index (χ4v) is 5.96. The number of halogens is 2. The van der Waals surface area contributed by atoms with Crippen LogP contribution < -0.4 is 4.74 Å². The number of carbonyl (C=O) groups excluding carboxylic acids is 1. The fraction of sp³-hybridized carbons (Fsp3) is 0.417. The van der Waals surface area contributed by atoms with E-state index in [0.29, 0.717) is 23.3 Å². The van der Waals surface area contributed by atoms with Crippen molar-refractivity contribution in [1.82, 2.24) is 9.88 Å². The van der Waals surface area contributed by atoms with E-state index in [-0.39, 0.29) is 17.8 Å². The van der Waals surface area contributed by atoms with E-state index in [9.17, 15) is 9.18 Å². The van der Waals surface area contributed by atoms with E-state index >= 15 is 0 Å². The molecule has 162 valence electrons. The fourth-order valence-electron chi connectivity index (χ4n) is 4.92. The predicted octanol–water partition coefficient (Wildman–Crippen LogP) is 5.97. The first-order valence-corrected chi connectivity index (χ1v) is 12.0. The molecule has 3 aromatic rings. The number of rotatable bonds is 4. The highest BCUT2D eigenvalue weighted by Gasteiger charge is 2.45. The zero-order chi connectivity index (χ0) is 21.4. The summed E-state index contributed by atoms with van der Waals surface area (Å²) in [5.41, 5.74) is 1.41. The van der Waals surface area contributed by atoms with E-state index < -0.39 is 5.41 Å². The summed E-state index contributed by atoms with van der Waals surface area (Å²) in [4.78, 5) is 20.1. The minimum absolute atomic E-state index is 0.0181. The third-order valence-corrected chi connectivity index (χ3v) is 7.75. The average molecular weight is 459 g/mol. The maximum Gasteiger partial charge on any atom is 0.274 e. The largest absolute Gasteiger partial charge is 0.467 e. The van der Waals surface area contributed by atoms with E-state index in [2.05, 4.69) is 4.98 Å². The Bertz CT molecular complexity index is 1090. The summed E-state index contributed by atoms with van der Waals surface area (Å²) in [6.45, 7) is 1.36.